The molecule has 0 radical (unpaired) electrons. The summed E-state index contributed by atoms with van der Waals surface area (Å²) in [5, 5.41) is 0. The summed E-state index contributed by atoms with van der Waals surface area (Å²) < 4.78 is 4.98. The van der Waals surface area contributed by atoms with Gasteiger partial charge in [0.2, 0.25) is 0 Å². The lowest BCUT2D eigenvalue weighted by Crippen LogP contribution is -1.73. The van der Waals surface area contributed by atoms with Crippen LogP contribution in [-0.2, 0) is 0 Å². The molecule has 0 amide bonds. The second-order valence-corrected chi connectivity index (χ2v) is 3.30. The molecule has 0 aliphatic rings. The van der Waals surface area contributed by atoms with Crippen molar-refractivity contribution in [3.8, 4) is 0 Å². The summed E-state index contributed by atoms with van der Waals surface area (Å²) in [6.07, 6.45) is 7.53. The van der Waals surface area contributed by atoms with Gasteiger partial charge in [-0.15, -0.1) is 0 Å². The molecular formula is C13H12O. The summed E-state index contributed by atoms with van der Waals surface area (Å²) >= 11 is 0. The predicted octanol–water partition coefficient (Wildman–Crippen LogP) is 3.76. The lowest BCUT2D eigenvalue weighted by molar-refractivity contribution is 0.567. The first-order chi connectivity index (χ1) is 6.84. The molecule has 70 valence electrons. The van der Waals surface area contributed by atoms with Gasteiger partial charge in [-0.25, -0.2) is 0 Å². The molecule has 0 aliphatic heterocycles. The smallest absolute Gasteiger partial charge is 0.0974 e. The first-order valence-corrected chi connectivity index (χ1v) is 4.61. The Morgan fingerprint density at radius 2 is 1.93 bits per heavy atom. The van der Waals surface area contributed by atoms with Crippen LogP contribution in [0.15, 0.2) is 47.3 Å². The molecule has 0 unspecified atom stereocenters. The SMILES string of the molecule is Cc1cccc(/C=C/c2ccoc2)c1. The monoisotopic (exact) mass is 184 g/mol. The average Bonchev–Trinajstić information content (AvgIpc) is 2.67. The maximum absolute atomic E-state index is 4.98. The fourth-order valence-corrected chi connectivity index (χ4v) is 1.34. The Morgan fingerprint density at radius 1 is 1.07 bits per heavy atom. The Bertz CT molecular complexity index is 424. The number of aryl methyl sites for hydroxylation is 1. The summed E-state index contributed by atoms with van der Waals surface area (Å²) in [6, 6.07) is 10.3. The molecule has 0 saturated carbocycles. The molecule has 0 fully saturated rings. The van der Waals surface area contributed by atoms with Crippen LogP contribution in [0.2, 0.25) is 0 Å². The molecule has 1 aromatic carbocycles. The van der Waals surface area contributed by atoms with Gasteiger partial charge in [0.05, 0.1) is 12.5 Å². The molecule has 0 atom stereocenters. The zero-order valence-electron chi connectivity index (χ0n) is 8.10. The summed E-state index contributed by atoms with van der Waals surface area (Å²) in [5.74, 6) is 0. The minimum Gasteiger partial charge on any atom is -0.472 e. The van der Waals surface area contributed by atoms with Crippen molar-refractivity contribution < 1.29 is 4.42 Å². The Balaban J connectivity index is 2.18. The Hall–Kier alpha value is -1.76. The molecule has 2 rings (SSSR count). The lowest BCUT2D eigenvalue weighted by atomic mass is 10.1. The van der Waals surface area contributed by atoms with E-state index in [1.807, 2.05) is 12.1 Å². The summed E-state index contributed by atoms with van der Waals surface area (Å²) in [5.41, 5.74) is 3.58. The minimum absolute atomic E-state index is 1.09. The maximum atomic E-state index is 4.98. The first-order valence-electron chi connectivity index (χ1n) is 4.61. The topological polar surface area (TPSA) is 13.1 Å². The van der Waals surface area contributed by atoms with Crippen molar-refractivity contribution in [1.29, 1.82) is 0 Å². The zero-order chi connectivity index (χ0) is 9.80. The standard InChI is InChI=1S/C13H12O/c1-11-3-2-4-12(9-11)5-6-13-7-8-14-10-13/h2-10H,1H3/b6-5+. The second-order valence-electron chi connectivity index (χ2n) is 3.30. The highest BCUT2D eigenvalue weighted by Gasteiger charge is 1.89. The Morgan fingerprint density at radius 3 is 2.64 bits per heavy atom. The van der Waals surface area contributed by atoms with Crippen LogP contribution >= 0.6 is 0 Å². The van der Waals surface area contributed by atoms with Crippen LogP contribution < -0.4 is 0 Å². The van der Waals surface area contributed by atoms with Crippen molar-refractivity contribution in [2.45, 2.75) is 6.92 Å². The quantitative estimate of drug-likeness (QED) is 0.692. The highest BCUT2D eigenvalue weighted by molar-refractivity contribution is 5.69. The van der Waals surface area contributed by atoms with Gasteiger partial charge in [0.15, 0.2) is 0 Å². The third-order valence-electron chi connectivity index (χ3n) is 2.05. The molecule has 1 nitrogen and oxygen atoms in total. The van der Waals surface area contributed by atoms with Crippen LogP contribution in [0.4, 0.5) is 0 Å². The number of hydrogen-bond acceptors (Lipinski definition) is 1. The number of furan rings is 1. The van der Waals surface area contributed by atoms with E-state index in [1.54, 1.807) is 12.5 Å². The average molecular weight is 184 g/mol. The third kappa shape index (κ3) is 2.13. The largest absolute Gasteiger partial charge is 0.472 e. The van der Waals surface area contributed by atoms with Crippen LogP contribution in [0, 0.1) is 6.92 Å². The molecule has 2 aromatic rings. The van der Waals surface area contributed by atoms with Crippen LogP contribution in [0.3, 0.4) is 0 Å². The zero-order valence-corrected chi connectivity index (χ0v) is 8.10. The molecule has 14 heavy (non-hydrogen) atoms. The van der Waals surface area contributed by atoms with Gasteiger partial charge in [-0.05, 0) is 18.6 Å². The van der Waals surface area contributed by atoms with Crippen molar-refractivity contribution in [2.24, 2.45) is 0 Å². The van der Waals surface area contributed by atoms with E-state index in [1.165, 1.54) is 11.1 Å². The van der Waals surface area contributed by atoms with E-state index in [2.05, 4.69) is 37.3 Å². The summed E-state index contributed by atoms with van der Waals surface area (Å²) in [7, 11) is 0. The molecule has 1 aromatic heterocycles. The van der Waals surface area contributed by atoms with Crippen LogP contribution in [0.1, 0.15) is 16.7 Å². The molecule has 1 heteroatoms. The van der Waals surface area contributed by atoms with E-state index < -0.39 is 0 Å². The fraction of sp³-hybridized carbons (Fsp3) is 0.0769. The lowest BCUT2D eigenvalue weighted by Gasteiger charge is -1.94. The molecule has 0 N–H and O–H groups in total. The van der Waals surface area contributed by atoms with Crippen LogP contribution in [0.5, 0.6) is 0 Å². The van der Waals surface area contributed by atoms with E-state index in [-0.39, 0.29) is 0 Å². The molecular weight excluding hydrogens is 172 g/mol. The highest BCUT2D eigenvalue weighted by atomic mass is 16.3. The second kappa shape index (κ2) is 3.97. The van der Waals surface area contributed by atoms with Gasteiger partial charge < -0.3 is 4.42 Å². The summed E-state index contributed by atoms with van der Waals surface area (Å²) in [4.78, 5) is 0. The van der Waals surface area contributed by atoms with Crippen molar-refractivity contribution in [3.05, 3.63) is 59.5 Å². The van der Waals surface area contributed by atoms with Crippen molar-refractivity contribution in [3.63, 3.8) is 0 Å². The van der Waals surface area contributed by atoms with Crippen LogP contribution in [0.25, 0.3) is 12.2 Å². The van der Waals surface area contributed by atoms with Gasteiger partial charge >= 0.3 is 0 Å². The molecule has 0 spiro atoms. The predicted molar refractivity (Wildman–Crippen MR) is 58.8 cm³/mol. The van der Waals surface area contributed by atoms with Gasteiger partial charge in [0.1, 0.15) is 0 Å². The maximum Gasteiger partial charge on any atom is 0.0974 e. The normalized spacial score (nSPS) is 10.9. The van der Waals surface area contributed by atoms with Crippen LogP contribution in [-0.4, -0.2) is 0 Å². The molecule has 0 saturated heterocycles. The van der Waals surface area contributed by atoms with E-state index in [0.29, 0.717) is 0 Å². The Kier molecular flexibility index (Phi) is 2.50. The number of benzene rings is 1. The van der Waals surface area contributed by atoms with E-state index >= 15 is 0 Å². The highest BCUT2D eigenvalue weighted by Crippen LogP contribution is 2.09. The molecule has 0 aliphatic carbocycles. The van der Waals surface area contributed by atoms with Crippen molar-refractivity contribution in [1.82, 2.24) is 0 Å². The Labute approximate surface area is 83.7 Å². The fourth-order valence-electron chi connectivity index (χ4n) is 1.34. The van der Waals surface area contributed by atoms with E-state index in [4.69, 9.17) is 4.42 Å². The van der Waals surface area contributed by atoms with Crippen molar-refractivity contribution >= 4 is 12.2 Å². The van der Waals surface area contributed by atoms with Crippen molar-refractivity contribution in [2.75, 3.05) is 0 Å². The summed E-state index contributed by atoms with van der Waals surface area (Å²) in [6.45, 7) is 2.09. The van der Waals surface area contributed by atoms with Gasteiger partial charge in [-0.2, -0.15) is 0 Å². The third-order valence-corrected chi connectivity index (χ3v) is 2.05. The van der Waals surface area contributed by atoms with E-state index in [0.717, 1.165) is 5.56 Å². The van der Waals surface area contributed by atoms with Gasteiger partial charge in [-0.3, -0.25) is 0 Å². The van der Waals surface area contributed by atoms with E-state index in [9.17, 15) is 0 Å². The molecule has 1 heterocycles. The minimum atomic E-state index is 1.09. The number of hydrogen-bond donors (Lipinski definition) is 0. The molecule has 0 bridgehead atoms. The number of rotatable bonds is 2. The van der Waals surface area contributed by atoms with Gasteiger partial charge in [0, 0.05) is 5.56 Å². The van der Waals surface area contributed by atoms with Gasteiger partial charge in [-0.1, -0.05) is 42.0 Å². The van der Waals surface area contributed by atoms with Gasteiger partial charge in [0.25, 0.3) is 0 Å². The first kappa shape index (κ1) is 8.82.